The van der Waals surface area contributed by atoms with Gasteiger partial charge in [-0.2, -0.15) is 0 Å². The Kier molecular flexibility index (Phi) is 5.36. The van der Waals surface area contributed by atoms with Gasteiger partial charge >= 0.3 is 5.97 Å². The normalized spacial score (nSPS) is 16.2. The van der Waals surface area contributed by atoms with Crippen LogP contribution in [0.3, 0.4) is 0 Å². The van der Waals surface area contributed by atoms with Gasteiger partial charge in [0.1, 0.15) is 0 Å². The third-order valence-electron chi connectivity index (χ3n) is 4.96. The summed E-state index contributed by atoms with van der Waals surface area (Å²) in [4.78, 5) is 11.1. The van der Waals surface area contributed by atoms with Crippen LogP contribution in [0.25, 0.3) is 0 Å². The largest absolute Gasteiger partial charge is 0.478 e. The van der Waals surface area contributed by atoms with Crippen molar-refractivity contribution in [3.8, 4) is 0 Å². The van der Waals surface area contributed by atoms with E-state index in [4.69, 9.17) is 5.11 Å². The van der Waals surface area contributed by atoms with Crippen LogP contribution < -0.4 is 5.32 Å². The van der Waals surface area contributed by atoms with Crippen molar-refractivity contribution in [1.29, 1.82) is 0 Å². The molecule has 1 aliphatic rings. The standard InChI is InChI=1S/C20H22BrNO2/c21-18-8-4-7-17(12-18)20(9-1-2-10-20)14-22-13-15-5-3-6-16(11-15)19(23)24/h3-8,11-12,22H,1-2,9-10,13-14H2,(H,23,24). The molecule has 0 heterocycles. The van der Waals surface area contributed by atoms with Crippen LogP contribution in [0.4, 0.5) is 0 Å². The van der Waals surface area contributed by atoms with Crippen molar-refractivity contribution < 1.29 is 9.90 Å². The van der Waals surface area contributed by atoms with Crippen LogP contribution in [0, 0.1) is 0 Å². The topological polar surface area (TPSA) is 49.3 Å². The highest BCUT2D eigenvalue weighted by molar-refractivity contribution is 9.10. The van der Waals surface area contributed by atoms with Gasteiger partial charge in [-0.25, -0.2) is 4.79 Å². The third kappa shape index (κ3) is 3.87. The molecule has 4 heteroatoms. The number of carboxylic acid groups (broad SMARTS) is 1. The molecule has 0 aromatic heterocycles. The van der Waals surface area contributed by atoms with E-state index in [1.165, 1.54) is 31.2 Å². The highest BCUT2D eigenvalue weighted by atomic mass is 79.9. The lowest BCUT2D eigenvalue weighted by molar-refractivity contribution is 0.0696. The van der Waals surface area contributed by atoms with Crippen molar-refractivity contribution in [2.75, 3.05) is 6.54 Å². The number of aromatic carboxylic acids is 1. The third-order valence-corrected chi connectivity index (χ3v) is 5.46. The van der Waals surface area contributed by atoms with Gasteiger partial charge in [0.05, 0.1) is 5.56 Å². The number of rotatable bonds is 6. The Bertz CT molecular complexity index is 723. The summed E-state index contributed by atoms with van der Waals surface area (Å²) in [6, 6.07) is 15.8. The summed E-state index contributed by atoms with van der Waals surface area (Å²) in [7, 11) is 0. The fraction of sp³-hybridized carbons (Fsp3) is 0.350. The molecule has 0 saturated heterocycles. The molecule has 24 heavy (non-hydrogen) atoms. The second-order valence-corrected chi connectivity index (χ2v) is 7.52. The molecule has 3 rings (SSSR count). The van der Waals surface area contributed by atoms with E-state index in [2.05, 4.69) is 45.5 Å². The summed E-state index contributed by atoms with van der Waals surface area (Å²) < 4.78 is 1.13. The number of nitrogens with one attached hydrogen (secondary N) is 1. The molecule has 2 N–H and O–H groups in total. The van der Waals surface area contributed by atoms with Gasteiger partial charge in [-0.05, 0) is 48.2 Å². The Morgan fingerprint density at radius 2 is 1.88 bits per heavy atom. The molecule has 0 aliphatic heterocycles. The fourth-order valence-corrected chi connectivity index (χ4v) is 4.10. The number of hydrogen-bond donors (Lipinski definition) is 2. The van der Waals surface area contributed by atoms with Gasteiger partial charge in [-0.15, -0.1) is 0 Å². The first-order chi connectivity index (χ1) is 11.6. The molecule has 0 amide bonds. The molecule has 1 aliphatic carbocycles. The van der Waals surface area contributed by atoms with Gasteiger partial charge in [-0.3, -0.25) is 0 Å². The summed E-state index contributed by atoms with van der Waals surface area (Å²) >= 11 is 3.58. The van der Waals surface area contributed by atoms with E-state index in [0.29, 0.717) is 12.1 Å². The van der Waals surface area contributed by atoms with Crippen molar-refractivity contribution >= 4 is 21.9 Å². The zero-order chi connectivity index (χ0) is 17.0. The predicted octanol–water partition coefficient (Wildman–Crippen LogP) is 4.75. The maximum Gasteiger partial charge on any atom is 0.335 e. The van der Waals surface area contributed by atoms with E-state index in [-0.39, 0.29) is 5.41 Å². The van der Waals surface area contributed by atoms with Crippen molar-refractivity contribution in [2.45, 2.75) is 37.6 Å². The van der Waals surface area contributed by atoms with E-state index in [1.807, 2.05) is 6.07 Å². The van der Waals surface area contributed by atoms with E-state index < -0.39 is 5.97 Å². The zero-order valence-corrected chi connectivity index (χ0v) is 15.2. The molecular formula is C20H22BrNO2. The lowest BCUT2D eigenvalue weighted by Gasteiger charge is -2.30. The Balaban J connectivity index is 1.69. The average molecular weight is 388 g/mol. The van der Waals surface area contributed by atoms with E-state index in [1.54, 1.807) is 18.2 Å². The lowest BCUT2D eigenvalue weighted by Crippen LogP contribution is -2.35. The first kappa shape index (κ1) is 17.2. The number of carboxylic acids is 1. The summed E-state index contributed by atoms with van der Waals surface area (Å²) in [5.74, 6) is -0.877. The quantitative estimate of drug-likeness (QED) is 0.751. The van der Waals surface area contributed by atoms with E-state index >= 15 is 0 Å². The van der Waals surface area contributed by atoms with E-state index in [9.17, 15) is 4.79 Å². The second kappa shape index (κ2) is 7.49. The monoisotopic (exact) mass is 387 g/mol. The highest BCUT2D eigenvalue weighted by Gasteiger charge is 2.35. The molecule has 0 atom stereocenters. The van der Waals surface area contributed by atoms with Crippen molar-refractivity contribution in [3.05, 3.63) is 69.7 Å². The Hall–Kier alpha value is -1.65. The van der Waals surface area contributed by atoms with Crippen molar-refractivity contribution in [1.82, 2.24) is 5.32 Å². The first-order valence-electron chi connectivity index (χ1n) is 8.38. The minimum absolute atomic E-state index is 0.189. The first-order valence-corrected chi connectivity index (χ1v) is 9.17. The van der Waals surface area contributed by atoms with Crippen LogP contribution >= 0.6 is 15.9 Å². The Morgan fingerprint density at radius 1 is 1.12 bits per heavy atom. The molecule has 0 unspecified atom stereocenters. The van der Waals surface area contributed by atoms with Crippen LogP contribution in [0.5, 0.6) is 0 Å². The van der Waals surface area contributed by atoms with Crippen LogP contribution in [0.1, 0.15) is 47.2 Å². The minimum atomic E-state index is -0.877. The molecule has 3 nitrogen and oxygen atoms in total. The number of hydrogen-bond acceptors (Lipinski definition) is 2. The second-order valence-electron chi connectivity index (χ2n) is 6.61. The highest BCUT2D eigenvalue weighted by Crippen LogP contribution is 2.41. The summed E-state index contributed by atoms with van der Waals surface area (Å²) in [5, 5.41) is 12.7. The molecule has 1 fully saturated rings. The summed E-state index contributed by atoms with van der Waals surface area (Å²) in [6.07, 6.45) is 4.93. The molecular weight excluding hydrogens is 366 g/mol. The van der Waals surface area contributed by atoms with Crippen LogP contribution in [0.15, 0.2) is 53.0 Å². The Morgan fingerprint density at radius 3 is 2.58 bits per heavy atom. The minimum Gasteiger partial charge on any atom is -0.478 e. The summed E-state index contributed by atoms with van der Waals surface area (Å²) in [5.41, 5.74) is 2.93. The Labute approximate surface area is 151 Å². The average Bonchev–Trinajstić information content (AvgIpc) is 3.05. The molecule has 0 radical (unpaired) electrons. The van der Waals surface area contributed by atoms with Gasteiger partial charge in [-0.1, -0.05) is 53.0 Å². The summed E-state index contributed by atoms with van der Waals surface area (Å²) in [6.45, 7) is 1.61. The molecule has 0 bridgehead atoms. The maximum absolute atomic E-state index is 11.1. The molecule has 126 valence electrons. The van der Waals surface area contributed by atoms with Gasteiger partial charge in [0.2, 0.25) is 0 Å². The molecule has 1 saturated carbocycles. The van der Waals surface area contributed by atoms with Gasteiger partial charge in [0, 0.05) is 23.0 Å². The predicted molar refractivity (Wildman–Crippen MR) is 99.4 cm³/mol. The van der Waals surface area contributed by atoms with Crippen LogP contribution in [-0.4, -0.2) is 17.6 Å². The van der Waals surface area contributed by atoms with Crippen molar-refractivity contribution in [3.63, 3.8) is 0 Å². The number of carbonyl (C=O) groups is 1. The lowest BCUT2D eigenvalue weighted by atomic mass is 9.79. The SMILES string of the molecule is O=C(O)c1cccc(CNCC2(c3cccc(Br)c3)CCCC2)c1. The molecule has 0 spiro atoms. The van der Waals surface area contributed by atoms with Gasteiger partial charge in [0.15, 0.2) is 0 Å². The fourth-order valence-electron chi connectivity index (χ4n) is 3.70. The van der Waals surface area contributed by atoms with Crippen LogP contribution in [0.2, 0.25) is 0 Å². The van der Waals surface area contributed by atoms with Gasteiger partial charge in [0.25, 0.3) is 0 Å². The maximum atomic E-state index is 11.1. The number of halogens is 1. The molecule has 2 aromatic rings. The van der Waals surface area contributed by atoms with Gasteiger partial charge < -0.3 is 10.4 Å². The van der Waals surface area contributed by atoms with Crippen LogP contribution in [-0.2, 0) is 12.0 Å². The molecule has 2 aromatic carbocycles. The zero-order valence-electron chi connectivity index (χ0n) is 13.6. The van der Waals surface area contributed by atoms with E-state index in [0.717, 1.165) is 16.6 Å². The van der Waals surface area contributed by atoms with Crippen molar-refractivity contribution in [2.24, 2.45) is 0 Å². The smallest absolute Gasteiger partial charge is 0.335 e. The number of benzene rings is 2.